The predicted octanol–water partition coefficient (Wildman–Crippen LogP) is 2.91. The van der Waals surface area contributed by atoms with Crippen molar-refractivity contribution in [2.24, 2.45) is 0 Å². The second kappa shape index (κ2) is 5.80. The molecule has 1 aromatic carbocycles. The summed E-state index contributed by atoms with van der Waals surface area (Å²) in [6, 6.07) is 10.2. The van der Waals surface area contributed by atoms with Gasteiger partial charge in [-0.1, -0.05) is 6.07 Å². The number of hydrogen-bond acceptors (Lipinski definition) is 3. The normalized spacial score (nSPS) is 12.2. The summed E-state index contributed by atoms with van der Waals surface area (Å²) in [5.74, 6) is -0.342. The van der Waals surface area contributed by atoms with Crippen molar-refractivity contribution in [3.05, 3.63) is 59.7 Å². The Labute approximate surface area is 112 Å². The van der Waals surface area contributed by atoms with Gasteiger partial charge >= 0.3 is 0 Å². The molecular weight excluding hydrogens is 243 g/mol. The van der Waals surface area contributed by atoms with E-state index in [0.717, 1.165) is 11.4 Å². The molecular formula is C15H17FN2O. The number of aromatic nitrogens is 1. The van der Waals surface area contributed by atoms with Crippen LogP contribution in [0.3, 0.4) is 0 Å². The third kappa shape index (κ3) is 3.29. The first kappa shape index (κ1) is 13.5. The van der Waals surface area contributed by atoms with Gasteiger partial charge in [-0.15, -0.1) is 0 Å². The molecule has 2 rings (SSSR count). The van der Waals surface area contributed by atoms with Crippen molar-refractivity contribution in [3.8, 4) is 0 Å². The highest BCUT2D eigenvalue weighted by Crippen LogP contribution is 2.27. The first-order chi connectivity index (χ1) is 9.08. The minimum absolute atomic E-state index is 0.342. The zero-order chi connectivity index (χ0) is 13.8. The van der Waals surface area contributed by atoms with E-state index in [2.05, 4.69) is 4.98 Å². The van der Waals surface area contributed by atoms with Crippen LogP contribution in [0.5, 0.6) is 0 Å². The van der Waals surface area contributed by atoms with Crippen LogP contribution in [0.15, 0.2) is 42.6 Å². The van der Waals surface area contributed by atoms with Crippen LogP contribution in [-0.2, 0) is 6.54 Å². The quantitative estimate of drug-likeness (QED) is 0.918. The summed E-state index contributed by atoms with van der Waals surface area (Å²) in [7, 11) is 1.90. The Morgan fingerprint density at radius 3 is 2.74 bits per heavy atom. The van der Waals surface area contributed by atoms with Crippen LogP contribution >= 0.6 is 0 Å². The number of aliphatic hydroxyl groups excluding tert-OH is 1. The molecule has 100 valence electrons. The highest BCUT2D eigenvalue weighted by Gasteiger charge is 2.13. The molecule has 0 aliphatic heterocycles. The van der Waals surface area contributed by atoms with Crippen LogP contribution in [0.2, 0.25) is 0 Å². The van der Waals surface area contributed by atoms with Crippen LogP contribution in [0.1, 0.15) is 24.3 Å². The van der Waals surface area contributed by atoms with E-state index in [9.17, 15) is 9.50 Å². The number of aliphatic hydroxyl groups is 1. The van der Waals surface area contributed by atoms with E-state index in [-0.39, 0.29) is 5.82 Å². The molecule has 1 heterocycles. The summed E-state index contributed by atoms with van der Waals surface area (Å²) in [6.45, 7) is 2.24. The molecule has 0 saturated heterocycles. The van der Waals surface area contributed by atoms with Gasteiger partial charge in [0, 0.05) is 24.5 Å². The molecule has 1 aromatic heterocycles. The van der Waals surface area contributed by atoms with Gasteiger partial charge in [0.25, 0.3) is 0 Å². The molecule has 0 aliphatic rings. The van der Waals surface area contributed by atoms with Gasteiger partial charge in [0.15, 0.2) is 0 Å². The number of benzene rings is 1. The van der Waals surface area contributed by atoms with Crippen molar-refractivity contribution in [3.63, 3.8) is 0 Å². The van der Waals surface area contributed by atoms with Crippen LogP contribution in [0, 0.1) is 5.82 Å². The van der Waals surface area contributed by atoms with Crippen LogP contribution in [-0.4, -0.2) is 17.1 Å². The summed E-state index contributed by atoms with van der Waals surface area (Å²) in [5.41, 5.74) is 2.31. The fourth-order valence-electron chi connectivity index (χ4n) is 2.03. The molecule has 3 nitrogen and oxygen atoms in total. The largest absolute Gasteiger partial charge is 0.389 e. The molecule has 19 heavy (non-hydrogen) atoms. The lowest BCUT2D eigenvalue weighted by molar-refractivity contribution is 0.199. The second-order valence-electron chi connectivity index (χ2n) is 4.56. The number of pyridine rings is 1. The van der Waals surface area contributed by atoms with Crippen molar-refractivity contribution in [2.75, 3.05) is 11.9 Å². The monoisotopic (exact) mass is 260 g/mol. The minimum Gasteiger partial charge on any atom is -0.389 e. The SMILES string of the molecule is CC(O)c1cc(F)ccc1N(C)Cc1ccccn1. The maximum absolute atomic E-state index is 13.3. The van der Waals surface area contributed by atoms with E-state index < -0.39 is 6.10 Å². The summed E-state index contributed by atoms with van der Waals surface area (Å²) < 4.78 is 13.3. The molecule has 0 amide bonds. The number of halogens is 1. The smallest absolute Gasteiger partial charge is 0.123 e. The Morgan fingerprint density at radius 1 is 1.32 bits per heavy atom. The zero-order valence-electron chi connectivity index (χ0n) is 11.0. The van der Waals surface area contributed by atoms with E-state index in [4.69, 9.17) is 0 Å². The highest BCUT2D eigenvalue weighted by atomic mass is 19.1. The van der Waals surface area contributed by atoms with Gasteiger partial charge in [-0.3, -0.25) is 4.98 Å². The third-order valence-electron chi connectivity index (χ3n) is 2.98. The highest BCUT2D eigenvalue weighted by molar-refractivity contribution is 5.54. The Kier molecular flexibility index (Phi) is 4.12. The number of anilines is 1. The summed E-state index contributed by atoms with van der Waals surface area (Å²) >= 11 is 0. The Hall–Kier alpha value is -1.94. The molecule has 2 aromatic rings. The fraction of sp³-hybridized carbons (Fsp3) is 0.267. The van der Waals surface area contributed by atoms with Gasteiger partial charge in [-0.25, -0.2) is 4.39 Å². The average Bonchev–Trinajstić information content (AvgIpc) is 2.39. The van der Waals surface area contributed by atoms with E-state index in [0.29, 0.717) is 12.1 Å². The van der Waals surface area contributed by atoms with Crippen LogP contribution in [0.4, 0.5) is 10.1 Å². The molecule has 0 spiro atoms. The topological polar surface area (TPSA) is 36.4 Å². The lowest BCUT2D eigenvalue weighted by Crippen LogP contribution is -2.19. The van der Waals surface area contributed by atoms with Gasteiger partial charge in [-0.05, 0) is 37.3 Å². The molecule has 1 atom stereocenters. The second-order valence-corrected chi connectivity index (χ2v) is 4.56. The molecule has 1 N–H and O–H groups in total. The van der Waals surface area contributed by atoms with Crippen molar-refractivity contribution in [1.82, 2.24) is 4.98 Å². The molecule has 0 radical (unpaired) electrons. The lowest BCUT2D eigenvalue weighted by Gasteiger charge is -2.23. The summed E-state index contributed by atoms with van der Waals surface area (Å²) in [6.07, 6.45) is 1.03. The van der Waals surface area contributed by atoms with Gasteiger partial charge < -0.3 is 10.0 Å². The Balaban J connectivity index is 2.26. The molecule has 0 aliphatic carbocycles. The van der Waals surface area contributed by atoms with E-state index >= 15 is 0 Å². The van der Waals surface area contributed by atoms with Crippen molar-refractivity contribution >= 4 is 5.69 Å². The van der Waals surface area contributed by atoms with E-state index in [1.165, 1.54) is 12.1 Å². The van der Waals surface area contributed by atoms with Gasteiger partial charge in [-0.2, -0.15) is 0 Å². The predicted molar refractivity (Wildman–Crippen MR) is 73.4 cm³/mol. The van der Waals surface area contributed by atoms with Crippen LogP contribution in [0.25, 0.3) is 0 Å². The number of rotatable bonds is 4. The van der Waals surface area contributed by atoms with Gasteiger partial charge in [0.1, 0.15) is 5.82 Å². The Bertz CT molecular complexity index is 543. The maximum atomic E-state index is 13.3. The fourth-order valence-corrected chi connectivity index (χ4v) is 2.03. The van der Waals surface area contributed by atoms with Crippen molar-refractivity contribution < 1.29 is 9.50 Å². The first-order valence-corrected chi connectivity index (χ1v) is 6.16. The zero-order valence-corrected chi connectivity index (χ0v) is 11.0. The molecule has 0 bridgehead atoms. The first-order valence-electron chi connectivity index (χ1n) is 6.16. The lowest BCUT2D eigenvalue weighted by atomic mass is 10.1. The van der Waals surface area contributed by atoms with Gasteiger partial charge in [0.2, 0.25) is 0 Å². The van der Waals surface area contributed by atoms with Gasteiger partial charge in [0.05, 0.1) is 18.3 Å². The maximum Gasteiger partial charge on any atom is 0.123 e. The average molecular weight is 260 g/mol. The number of nitrogens with zero attached hydrogens (tertiary/aromatic N) is 2. The summed E-state index contributed by atoms with van der Waals surface area (Å²) in [4.78, 5) is 6.21. The number of hydrogen-bond donors (Lipinski definition) is 1. The van der Waals surface area contributed by atoms with E-state index in [1.807, 2.05) is 30.1 Å². The minimum atomic E-state index is -0.711. The molecule has 4 heteroatoms. The van der Waals surface area contributed by atoms with E-state index in [1.54, 1.807) is 19.2 Å². The standard InChI is InChI=1S/C15H17FN2O/c1-11(19)14-9-12(16)6-7-15(14)18(2)10-13-5-3-4-8-17-13/h3-9,11,19H,10H2,1-2H3. The van der Waals surface area contributed by atoms with Crippen molar-refractivity contribution in [1.29, 1.82) is 0 Å². The Morgan fingerprint density at radius 2 is 2.11 bits per heavy atom. The molecule has 0 saturated carbocycles. The molecule has 1 unspecified atom stereocenters. The summed E-state index contributed by atoms with van der Waals surface area (Å²) in [5, 5.41) is 9.74. The third-order valence-corrected chi connectivity index (χ3v) is 2.98. The van der Waals surface area contributed by atoms with Crippen LogP contribution < -0.4 is 4.90 Å². The van der Waals surface area contributed by atoms with Crippen molar-refractivity contribution in [2.45, 2.75) is 19.6 Å². The molecule has 0 fully saturated rings.